The van der Waals surface area contributed by atoms with Crippen LogP contribution in [-0.4, -0.2) is 22.0 Å². The Kier molecular flexibility index (Phi) is 4.58. The van der Waals surface area contributed by atoms with Crippen molar-refractivity contribution in [2.75, 3.05) is 11.4 Å². The Morgan fingerprint density at radius 1 is 1.03 bits per heavy atom. The molecule has 1 aromatic heterocycles. The van der Waals surface area contributed by atoms with Gasteiger partial charge in [-0.15, -0.1) is 0 Å². The maximum atomic E-state index is 14.3. The Bertz CT molecular complexity index is 1250. The summed E-state index contributed by atoms with van der Waals surface area (Å²) in [5.74, 6) is 0.346. The summed E-state index contributed by atoms with van der Waals surface area (Å²) in [4.78, 5) is 19.2. The standard InChI is InChI=1S/C25H22FN3O/c1-17-7-6-8-18(13-17)15-29-23-12-5-3-10-21(23)27-25(29)19-14-24(30)28(16-19)22-11-4-2-9-20(22)26/h2-13,19H,14-16H2,1H3/t19-/m1/s1. The number of anilines is 1. The summed E-state index contributed by atoms with van der Waals surface area (Å²) in [6, 6.07) is 22.9. The van der Waals surface area contributed by atoms with Crippen LogP contribution in [0, 0.1) is 12.7 Å². The molecule has 0 spiro atoms. The molecule has 1 fully saturated rings. The van der Waals surface area contributed by atoms with E-state index in [0.29, 0.717) is 25.2 Å². The van der Waals surface area contributed by atoms with Crippen molar-refractivity contribution >= 4 is 22.6 Å². The summed E-state index contributed by atoms with van der Waals surface area (Å²) in [7, 11) is 0. The molecule has 5 rings (SSSR count). The second kappa shape index (κ2) is 7.41. The van der Waals surface area contributed by atoms with E-state index in [-0.39, 0.29) is 17.6 Å². The number of amides is 1. The van der Waals surface area contributed by atoms with Gasteiger partial charge >= 0.3 is 0 Å². The van der Waals surface area contributed by atoms with Crippen molar-refractivity contribution in [3.63, 3.8) is 0 Å². The molecule has 0 bridgehead atoms. The zero-order valence-electron chi connectivity index (χ0n) is 16.8. The lowest BCUT2D eigenvalue weighted by Gasteiger charge is -2.18. The molecule has 0 N–H and O–H groups in total. The van der Waals surface area contributed by atoms with Crippen molar-refractivity contribution in [2.45, 2.75) is 25.8 Å². The predicted molar refractivity (Wildman–Crippen MR) is 116 cm³/mol. The van der Waals surface area contributed by atoms with Gasteiger partial charge in [0.1, 0.15) is 11.6 Å². The number of imidazole rings is 1. The van der Waals surface area contributed by atoms with Crippen molar-refractivity contribution in [1.29, 1.82) is 0 Å². The molecular weight excluding hydrogens is 377 g/mol. The van der Waals surface area contributed by atoms with E-state index in [1.807, 2.05) is 18.2 Å². The van der Waals surface area contributed by atoms with Gasteiger partial charge in [-0.05, 0) is 36.8 Å². The summed E-state index contributed by atoms with van der Waals surface area (Å²) >= 11 is 0. The van der Waals surface area contributed by atoms with Crippen LogP contribution in [0.3, 0.4) is 0 Å². The Hall–Kier alpha value is -3.47. The maximum absolute atomic E-state index is 14.3. The third kappa shape index (κ3) is 3.26. The van der Waals surface area contributed by atoms with Gasteiger partial charge in [-0.25, -0.2) is 9.37 Å². The molecular formula is C25H22FN3O. The number of para-hydroxylation sites is 3. The van der Waals surface area contributed by atoms with Crippen LogP contribution in [0.25, 0.3) is 11.0 Å². The normalized spacial score (nSPS) is 16.5. The van der Waals surface area contributed by atoms with Gasteiger partial charge in [0.15, 0.2) is 0 Å². The van der Waals surface area contributed by atoms with Crippen molar-refractivity contribution < 1.29 is 9.18 Å². The average Bonchev–Trinajstić information content (AvgIpc) is 3.29. The zero-order chi connectivity index (χ0) is 20.7. The number of nitrogens with zero attached hydrogens (tertiary/aromatic N) is 3. The van der Waals surface area contributed by atoms with Crippen LogP contribution in [0.15, 0.2) is 72.8 Å². The summed E-state index contributed by atoms with van der Waals surface area (Å²) < 4.78 is 16.5. The second-order valence-electron chi connectivity index (χ2n) is 7.89. The number of aromatic nitrogens is 2. The first-order valence-electron chi connectivity index (χ1n) is 10.2. The third-order valence-electron chi connectivity index (χ3n) is 5.74. The van der Waals surface area contributed by atoms with Gasteiger partial charge in [0.25, 0.3) is 0 Å². The fraction of sp³-hybridized carbons (Fsp3) is 0.200. The summed E-state index contributed by atoms with van der Waals surface area (Å²) in [6.07, 6.45) is 0.325. The number of hydrogen-bond donors (Lipinski definition) is 0. The van der Waals surface area contributed by atoms with Crippen LogP contribution in [0.2, 0.25) is 0 Å². The van der Waals surface area contributed by atoms with E-state index >= 15 is 0 Å². The molecule has 150 valence electrons. The van der Waals surface area contributed by atoms with Crippen LogP contribution in [0.4, 0.5) is 10.1 Å². The minimum Gasteiger partial charge on any atom is -0.323 e. The van der Waals surface area contributed by atoms with Crippen LogP contribution in [0.5, 0.6) is 0 Å². The SMILES string of the molecule is Cc1cccc(Cn2c([C@@H]3CC(=O)N(c4ccccc4F)C3)nc3ccccc32)c1. The monoisotopic (exact) mass is 399 g/mol. The minimum absolute atomic E-state index is 0.0701. The number of aryl methyl sites for hydroxylation is 1. The van der Waals surface area contributed by atoms with E-state index in [9.17, 15) is 9.18 Å². The average molecular weight is 399 g/mol. The van der Waals surface area contributed by atoms with Gasteiger partial charge in [-0.3, -0.25) is 4.79 Å². The lowest BCUT2D eigenvalue weighted by molar-refractivity contribution is -0.117. The van der Waals surface area contributed by atoms with Crippen LogP contribution < -0.4 is 4.90 Å². The first kappa shape index (κ1) is 18.6. The molecule has 4 aromatic rings. The number of fused-ring (bicyclic) bond motifs is 1. The Morgan fingerprint density at radius 3 is 2.67 bits per heavy atom. The van der Waals surface area contributed by atoms with Crippen LogP contribution >= 0.6 is 0 Å². The second-order valence-corrected chi connectivity index (χ2v) is 7.89. The number of hydrogen-bond acceptors (Lipinski definition) is 2. The molecule has 0 unspecified atom stereocenters. The number of carbonyl (C=O) groups is 1. The lowest BCUT2D eigenvalue weighted by Crippen LogP contribution is -2.25. The highest BCUT2D eigenvalue weighted by Crippen LogP contribution is 2.34. The predicted octanol–water partition coefficient (Wildman–Crippen LogP) is 5.05. The molecule has 1 saturated heterocycles. The van der Waals surface area contributed by atoms with Crippen molar-refractivity contribution in [3.8, 4) is 0 Å². The molecule has 0 aliphatic carbocycles. The fourth-order valence-corrected chi connectivity index (χ4v) is 4.35. The fourth-order valence-electron chi connectivity index (χ4n) is 4.35. The van der Waals surface area contributed by atoms with E-state index in [2.05, 4.69) is 41.8 Å². The molecule has 2 heterocycles. The van der Waals surface area contributed by atoms with Crippen molar-refractivity contribution in [1.82, 2.24) is 9.55 Å². The van der Waals surface area contributed by atoms with Gasteiger partial charge in [0.2, 0.25) is 5.91 Å². The molecule has 3 aromatic carbocycles. The highest BCUT2D eigenvalue weighted by Gasteiger charge is 2.35. The number of carbonyl (C=O) groups excluding carboxylic acids is 1. The van der Waals surface area contributed by atoms with Gasteiger partial charge in [-0.2, -0.15) is 0 Å². The van der Waals surface area contributed by atoms with E-state index in [4.69, 9.17) is 4.98 Å². The van der Waals surface area contributed by atoms with Gasteiger partial charge in [-0.1, -0.05) is 54.1 Å². The maximum Gasteiger partial charge on any atom is 0.227 e. The van der Waals surface area contributed by atoms with Crippen LogP contribution in [-0.2, 0) is 11.3 Å². The summed E-state index contributed by atoms with van der Waals surface area (Å²) in [6.45, 7) is 3.19. The molecule has 1 aliphatic heterocycles. The Balaban J connectivity index is 1.54. The highest BCUT2D eigenvalue weighted by molar-refractivity contribution is 5.96. The molecule has 1 aliphatic rings. The van der Waals surface area contributed by atoms with Gasteiger partial charge < -0.3 is 9.47 Å². The quantitative estimate of drug-likeness (QED) is 0.481. The van der Waals surface area contributed by atoms with E-state index in [1.165, 1.54) is 17.2 Å². The van der Waals surface area contributed by atoms with E-state index in [0.717, 1.165) is 16.9 Å². The minimum atomic E-state index is -0.375. The Morgan fingerprint density at radius 2 is 1.83 bits per heavy atom. The van der Waals surface area contributed by atoms with E-state index in [1.54, 1.807) is 23.1 Å². The smallest absolute Gasteiger partial charge is 0.227 e. The van der Waals surface area contributed by atoms with Crippen molar-refractivity contribution in [3.05, 3.63) is 95.6 Å². The molecule has 0 radical (unpaired) electrons. The first-order chi connectivity index (χ1) is 14.6. The molecule has 5 heteroatoms. The zero-order valence-corrected chi connectivity index (χ0v) is 16.8. The van der Waals surface area contributed by atoms with Gasteiger partial charge in [0, 0.05) is 25.4 Å². The number of benzene rings is 3. The molecule has 4 nitrogen and oxygen atoms in total. The largest absolute Gasteiger partial charge is 0.323 e. The lowest BCUT2D eigenvalue weighted by atomic mass is 10.1. The Labute approximate surface area is 174 Å². The first-order valence-corrected chi connectivity index (χ1v) is 10.2. The molecule has 1 atom stereocenters. The molecule has 1 amide bonds. The topological polar surface area (TPSA) is 38.1 Å². The third-order valence-corrected chi connectivity index (χ3v) is 5.74. The summed E-state index contributed by atoms with van der Waals surface area (Å²) in [5.41, 5.74) is 4.70. The molecule has 0 saturated carbocycles. The number of halogens is 1. The summed E-state index contributed by atoms with van der Waals surface area (Å²) in [5, 5.41) is 0. The molecule has 30 heavy (non-hydrogen) atoms. The van der Waals surface area contributed by atoms with Crippen molar-refractivity contribution in [2.24, 2.45) is 0 Å². The van der Waals surface area contributed by atoms with Gasteiger partial charge in [0.05, 0.1) is 16.7 Å². The number of rotatable bonds is 4. The van der Waals surface area contributed by atoms with Crippen LogP contribution in [0.1, 0.15) is 29.3 Å². The van der Waals surface area contributed by atoms with E-state index < -0.39 is 0 Å². The highest BCUT2D eigenvalue weighted by atomic mass is 19.1.